The van der Waals surface area contributed by atoms with Gasteiger partial charge in [-0.25, -0.2) is 4.79 Å². The van der Waals surface area contributed by atoms with Crippen molar-refractivity contribution >= 4 is 29.4 Å². The summed E-state index contributed by atoms with van der Waals surface area (Å²) in [6.07, 6.45) is 4.10. The monoisotopic (exact) mass is 487 g/mol. The average Bonchev–Trinajstić information content (AvgIpc) is 2.87. The van der Waals surface area contributed by atoms with Crippen LogP contribution in [0.15, 0.2) is 41.3 Å². The number of carbonyl (C=O) groups excluding carboxylic acids is 2. The Kier molecular flexibility index (Phi) is 9.33. The van der Waals surface area contributed by atoms with Crippen molar-refractivity contribution in [2.75, 3.05) is 46.0 Å². The van der Waals surface area contributed by atoms with E-state index >= 15 is 0 Å². The second kappa shape index (κ2) is 12.4. The molecule has 1 aliphatic rings. The minimum atomic E-state index is -0.189. The van der Waals surface area contributed by atoms with Gasteiger partial charge in [0.2, 0.25) is 11.7 Å². The number of piperidine rings is 1. The number of nitrogens with one attached hydrogen (secondary N) is 2. The Labute approximate surface area is 205 Å². The van der Waals surface area contributed by atoms with Gasteiger partial charge in [-0.05, 0) is 42.7 Å². The Morgan fingerprint density at radius 2 is 1.62 bits per heavy atom. The highest BCUT2D eigenvalue weighted by Crippen LogP contribution is 2.40. The Bertz CT molecular complexity index is 950. The molecule has 1 heterocycles. The molecule has 2 N–H and O–H groups in total. The molecule has 1 fully saturated rings. The van der Waals surface area contributed by atoms with Gasteiger partial charge in [0.1, 0.15) is 0 Å². The number of amides is 3. The quantitative estimate of drug-likeness (QED) is 0.510. The zero-order valence-electron chi connectivity index (χ0n) is 20.2. The second-order valence-electron chi connectivity index (χ2n) is 8.10. The largest absolute Gasteiger partial charge is 0.493 e. The van der Waals surface area contributed by atoms with Crippen LogP contribution < -0.4 is 24.8 Å². The molecular weight excluding hydrogens is 454 g/mol. The molecule has 1 saturated heterocycles. The summed E-state index contributed by atoms with van der Waals surface area (Å²) in [7, 11) is 4.60. The fourth-order valence-electron chi connectivity index (χ4n) is 3.97. The number of hydrogen-bond acceptors (Lipinski definition) is 6. The standard InChI is InChI=1S/C25H33N3O5S/c1-31-21-14-19(15-22(32-2)24(21)33-3)27-25(30)28-11-9-17(10-12-28)13-23(29)26-16-18-5-7-20(34-4)8-6-18/h5-8,14-15,17H,9-13,16H2,1-4H3,(H,26,29)(H,27,30). The first kappa shape index (κ1) is 25.6. The van der Waals surface area contributed by atoms with Gasteiger partial charge < -0.3 is 29.7 Å². The smallest absolute Gasteiger partial charge is 0.321 e. The van der Waals surface area contributed by atoms with E-state index in [9.17, 15) is 9.59 Å². The van der Waals surface area contributed by atoms with Crippen LogP contribution in [0.25, 0.3) is 0 Å². The number of nitrogens with zero attached hydrogens (tertiary/aromatic N) is 1. The number of ether oxygens (including phenoxy) is 3. The van der Waals surface area contributed by atoms with Gasteiger partial charge >= 0.3 is 6.03 Å². The molecule has 3 rings (SSSR count). The van der Waals surface area contributed by atoms with Crippen LogP contribution in [0.2, 0.25) is 0 Å². The third-order valence-corrected chi connectivity index (χ3v) is 6.68. The second-order valence-corrected chi connectivity index (χ2v) is 8.98. The van der Waals surface area contributed by atoms with E-state index in [0.29, 0.717) is 49.0 Å². The fourth-order valence-corrected chi connectivity index (χ4v) is 4.38. The molecule has 3 amide bonds. The first-order valence-electron chi connectivity index (χ1n) is 11.2. The summed E-state index contributed by atoms with van der Waals surface area (Å²) in [5.41, 5.74) is 1.65. The molecule has 0 bridgehead atoms. The van der Waals surface area contributed by atoms with Crippen LogP contribution in [-0.2, 0) is 11.3 Å². The molecule has 1 aliphatic heterocycles. The Morgan fingerprint density at radius 3 is 2.15 bits per heavy atom. The lowest BCUT2D eigenvalue weighted by molar-refractivity contribution is -0.122. The Morgan fingerprint density at radius 1 is 1.00 bits per heavy atom. The van der Waals surface area contributed by atoms with E-state index in [2.05, 4.69) is 22.8 Å². The molecule has 9 heteroatoms. The summed E-state index contributed by atoms with van der Waals surface area (Å²) in [5, 5.41) is 5.91. The van der Waals surface area contributed by atoms with Crippen molar-refractivity contribution in [3.63, 3.8) is 0 Å². The van der Waals surface area contributed by atoms with Crippen LogP contribution >= 0.6 is 11.8 Å². The van der Waals surface area contributed by atoms with Crippen LogP contribution in [0.4, 0.5) is 10.5 Å². The SMILES string of the molecule is COc1cc(NC(=O)N2CCC(CC(=O)NCc3ccc(SC)cc3)CC2)cc(OC)c1OC. The van der Waals surface area contributed by atoms with E-state index in [-0.39, 0.29) is 17.9 Å². The summed E-state index contributed by atoms with van der Waals surface area (Å²) in [6.45, 7) is 1.73. The predicted octanol–water partition coefficient (Wildman–Crippen LogP) is 4.38. The molecule has 2 aromatic rings. The van der Waals surface area contributed by atoms with Crippen LogP contribution in [0.1, 0.15) is 24.8 Å². The average molecular weight is 488 g/mol. The Balaban J connectivity index is 1.46. The van der Waals surface area contributed by atoms with E-state index in [4.69, 9.17) is 14.2 Å². The first-order chi connectivity index (χ1) is 16.5. The molecular formula is C25H33N3O5S. The van der Waals surface area contributed by atoms with Crippen molar-refractivity contribution in [3.8, 4) is 17.2 Å². The van der Waals surface area contributed by atoms with Crippen molar-refractivity contribution in [2.24, 2.45) is 5.92 Å². The number of urea groups is 1. The molecule has 184 valence electrons. The van der Waals surface area contributed by atoms with Crippen LogP contribution in [-0.4, -0.2) is 57.5 Å². The van der Waals surface area contributed by atoms with Crippen molar-refractivity contribution < 1.29 is 23.8 Å². The van der Waals surface area contributed by atoms with E-state index in [1.54, 1.807) is 28.8 Å². The lowest BCUT2D eigenvalue weighted by atomic mass is 9.93. The maximum atomic E-state index is 12.8. The lowest BCUT2D eigenvalue weighted by Gasteiger charge is -2.31. The van der Waals surface area contributed by atoms with Gasteiger partial charge in [0.05, 0.1) is 27.0 Å². The molecule has 0 spiro atoms. The summed E-state index contributed by atoms with van der Waals surface area (Å²) >= 11 is 1.70. The summed E-state index contributed by atoms with van der Waals surface area (Å²) in [6, 6.07) is 11.4. The van der Waals surface area contributed by atoms with Crippen molar-refractivity contribution in [2.45, 2.75) is 30.7 Å². The molecule has 34 heavy (non-hydrogen) atoms. The van der Waals surface area contributed by atoms with Crippen molar-refractivity contribution in [1.29, 1.82) is 0 Å². The third kappa shape index (κ3) is 6.72. The molecule has 0 unspecified atom stereocenters. The maximum Gasteiger partial charge on any atom is 0.321 e. The van der Waals surface area contributed by atoms with E-state index < -0.39 is 0 Å². The fraction of sp³-hybridized carbons (Fsp3) is 0.440. The zero-order chi connectivity index (χ0) is 24.5. The number of hydrogen-bond donors (Lipinski definition) is 2. The van der Waals surface area contributed by atoms with Crippen LogP contribution in [0.3, 0.4) is 0 Å². The van der Waals surface area contributed by atoms with Crippen LogP contribution in [0.5, 0.6) is 17.2 Å². The number of benzene rings is 2. The van der Waals surface area contributed by atoms with Gasteiger partial charge in [0.15, 0.2) is 11.5 Å². The van der Waals surface area contributed by atoms with Gasteiger partial charge in [-0.3, -0.25) is 4.79 Å². The highest BCUT2D eigenvalue weighted by Gasteiger charge is 2.25. The zero-order valence-corrected chi connectivity index (χ0v) is 21.0. The highest BCUT2D eigenvalue weighted by atomic mass is 32.2. The third-order valence-electron chi connectivity index (χ3n) is 5.94. The van der Waals surface area contributed by atoms with Gasteiger partial charge in [-0.2, -0.15) is 0 Å². The first-order valence-corrected chi connectivity index (χ1v) is 12.5. The molecule has 2 aromatic carbocycles. The number of rotatable bonds is 9. The molecule has 0 aliphatic carbocycles. The Hall–Kier alpha value is -3.07. The minimum absolute atomic E-state index is 0.0502. The van der Waals surface area contributed by atoms with E-state index in [0.717, 1.165) is 18.4 Å². The van der Waals surface area contributed by atoms with E-state index in [1.807, 2.05) is 18.4 Å². The molecule has 8 nitrogen and oxygen atoms in total. The topological polar surface area (TPSA) is 89.1 Å². The highest BCUT2D eigenvalue weighted by molar-refractivity contribution is 7.98. The number of likely N-dealkylation sites (tertiary alicyclic amines) is 1. The summed E-state index contributed by atoms with van der Waals surface area (Å²) in [5.74, 6) is 1.74. The number of methoxy groups -OCH3 is 3. The molecule has 0 radical (unpaired) electrons. The predicted molar refractivity (Wildman–Crippen MR) is 134 cm³/mol. The van der Waals surface area contributed by atoms with E-state index in [1.165, 1.54) is 26.2 Å². The minimum Gasteiger partial charge on any atom is -0.493 e. The van der Waals surface area contributed by atoms with Gasteiger partial charge in [0, 0.05) is 43.1 Å². The van der Waals surface area contributed by atoms with Crippen molar-refractivity contribution in [1.82, 2.24) is 10.2 Å². The number of carbonyl (C=O) groups is 2. The lowest BCUT2D eigenvalue weighted by Crippen LogP contribution is -2.41. The molecule has 0 aromatic heterocycles. The van der Waals surface area contributed by atoms with Gasteiger partial charge in [-0.1, -0.05) is 12.1 Å². The normalized spacial score (nSPS) is 13.8. The van der Waals surface area contributed by atoms with Gasteiger partial charge in [-0.15, -0.1) is 11.8 Å². The summed E-state index contributed by atoms with van der Waals surface area (Å²) < 4.78 is 16.0. The number of anilines is 1. The molecule has 0 atom stereocenters. The van der Waals surface area contributed by atoms with Gasteiger partial charge in [0.25, 0.3) is 0 Å². The van der Waals surface area contributed by atoms with Crippen molar-refractivity contribution in [3.05, 3.63) is 42.0 Å². The van der Waals surface area contributed by atoms with Crippen LogP contribution in [0, 0.1) is 5.92 Å². The summed E-state index contributed by atoms with van der Waals surface area (Å²) in [4.78, 5) is 28.1. The number of thioether (sulfide) groups is 1. The maximum absolute atomic E-state index is 12.8. The molecule has 0 saturated carbocycles.